The molecule has 4 rings (SSSR count). The third kappa shape index (κ3) is 5.98. The van der Waals surface area contributed by atoms with Gasteiger partial charge in [0.05, 0.1) is 17.3 Å². The lowest BCUT2D eigenvalue weighted by Gasteiger charge is -2.26. The molecule has 0 aliphatic carbocycles. The molecule has 1 N–H and O–H groups in total. The van der Waals surface area contributed by atoms with Gasteiger partial charge in [0, 0.05) is 9.50 Å². The first-order valence-electron chi connectivity index (χ1n) is 11.2. The predicted molar refractivity (Wildman–Crippen MR) is 146 cm³/mol. The van der Waals surface area contributed by atoms with Crippen molar-refractivity contribution in [2.24, 2.45) is 0 Å². The fraction of sp³-hybridized carbons (Fsp3) is 0.148. The Morgan fingerprint density at radius 1 is 1.00 bits per heavy atom. The number of rotatable bonds is 7. The first-order valence-corrected chi connectivity index (χ1v) is 12.7. The maximum Gasteiger partial charge on any atom is 0.335 e. The van der Waals surface area contributed by atoms with Crippen LogP contribution in [0.3, 0.4) is 0 Å². The van der Waals surface area contributed by atoms with E-state index in [1.54, 1.807) is 42.5 Å². The lowest BCUT2D eigenvalue weighted by atomic mass is 10.1. The van der Waals surface area contributed by atoms with Gasteiger partial charge in [-0.25, -0.2) is 9.69 Å². The van der Waals surface area contributed by atoms with Crippen molar-refractivity contribution in [3.05, 3.63) is 91.4 Å². The Morgan fingerprint density at radius 2 is 1.73 bits per heavy atom. The highest BCUT2D eigenvalue weighted by atomic mass is 79.9. The van der Waals surface area contributed by atoms with Crippen LogP contribution < -0.4 is 19.7 Å². The molecule has 37 heavy (non-hydrogen) atoms. The Balaban J connectivity index is 1.66. The van der Waals surface area contributed by atoms with Gasteiger partial charge in [-0.05, 0) is 79.1 Å². The fourth-order valence-electron chi connectivity index (χ4n) is 3.64. The summed E-state index contributed by atoms with van der Waals surface area (Å²) < 4.78 is 12.5. The molecule has 1 fully saturated rings. The highest BCUT2D eigenvalue weighted by molar-refractivity contribution is 9.10. The van der Waals surface area contributed by atoms with E-state index in [1.807, 2.05) is 26.0 Å². The van der Waals surface area contributed by atoms with E-state index in [9.17, 15) is 14.4 Å². The molecular formula is C27H21BrCl2N2O5. The van der Waals surface area contributed by atoms with Gasteiger partial charge >= 0.3 is 6.03 Å². The molecule has 1 aliphatic heterocycles. The second-order valence-corrected chi connectivity index (χ2v) is 9.77. The summed E-state index contributed by atoms with van der Waals surface area (Å²) in [5, 5.41) is 3.07. The molecule has 7 nitrogen and oxygen atoms in total. The minimum Gasteiger partial charge on any atom is -0.490 e. The number of aryl methyl sites for hydroxylation is 1. The number of anilines is 1. The average molecular weight is 604 g/mol. The molecule has 0 spiro atoms. The van der Waals surface area contributed by atoms with Crippen LogP contribution in [0.4, 0.5) is 10.5 Å². The van der Waals surface area contributed by atoms with Gasteiger partial charge in [-0.3, -0.25) is 14.9 Å². The van der Waals surface area contributed by atoms with Crippen LogP contribution in [0.1, 0.15) is 23.6 Å². The van der Waals surface area contributed by atoms with Crippen LogP contribution in [0.25, 0.3) is 6.08 Å². The number of hydrogen-bond donors (Lipinski definition) is 1. The molecule has 0 atom stereocenters. The van der Waals surface area contributed by atoms with Crippen LogP contribution in [0.15, 0.2) is 64.6 Å². The summed E-state index contributed by atoms with van der Waals surface area (Å²) in [6, 6.07) is 14.5. The topological polar surface area (TPSA) is 84.9 Å². The summed E-state index contributed by atoms with van der Waals surface area (Å²) in [5.41, 5.74) is 2.23. The summed E-state index contributed by atoms with van der Waals surface area (Å²) >= 11 is 15.9. The zero-order valence-electron chi connectivity index (χ0n) is 19.8. The molecule has 190 valence electrons. The number of nitrogens with one attached hydrogen (secondary N) is 1. The number of ether oxygens (including phenoxy) is 2. The normalized spacial score (nSPS) is 14.7. The molecule has 4 amide bonds. The monoisotopic (exact) mass is 602 g/mol. The summed E-state index contributed by atoms with van der Waals surface area (Å²) in [6.07, 6.45) is 1.36. The van der Waals surface area contributed by atoms with Gasteiger partial charge in [0.1, 0.15) is 12.2 Å². The summed E-state index contributed by atoms with van der Waals surface area (Å²) in [6.45, 7) is 4.19. The third-order valence-corrected chi connectivity index (χ3v) is 6.86. The van der Waals surface area contributed by atoms with E-state index in [2.05, 4.69) is 21.2 Å². The molecule has 0 saturated carbocycles. The van der Waals surface area contributed by atoms with Gasteiger partial charge in [-0.2, -0.15) is 0 Å². The SMILES string of the molecule is CCOc1cc(/C=C2\C(=O)NC(=O)N(c3ccc(Br)c(C)c3)C2=O)cc(Cl)c1OCc1ccc(Cl)cc1. The zero-order valence-corrected chi connectivity index (χ0v) is 22.9. The number of nitrogens with zero attached hydrogens (tertiary/aromatic N) is 1. The number of carbonyl (C=O) groups excluding carboxylic acids is 3. The summed E-state index contributed by atoms with van der Waals surface area (Å²) in [5.74, 6) is -0.900. The molecule has 1 heterocycles. The number of carbonyl (C=O) groups is 3. The number of hydrogen-bond acceptors (Lipinski definition) is 5. The second kappa shape index (κ2) is 11.4. The van der Waals surface area contributed by atoms with E-state index in [0.29, 0.717) is 34.4 Å². The molecular weight excluding hydrogens is 583 g/mol. The largest absolute Gasteiger partial charge is 0.490 e. The number of halogens is 3. The summed E-state index contributed by atoms with van der Waals surface area (Å²) in [4.78, 5) is 39.3. The van der Waals surface area contributed by atoms with E-state index in [1.165, 1.54) is 6.08 Å². The predicted octanol–water partition coefficient (Wildman–Crippen LogP) is 6.71. The van der Waals surface area contributed by atoms with Crippen molar-refractivity contribution in [1.29, 1.82) is 0 Å². The quantitative estimate of drug-likeness (QED) is 0.240. The van der Waals surface area contributed by atoms with Crippen molar-refractivity contribution in [2.45, 2.75) is 20.5 Å². The molecule has 0 unspecified atom stereocenters. The Hall–Kier alpha value is -3.33. The molecule has 0 bridgehead atoms. The maximum atomic E-state index is 13.3. The Morgan fingerprint density at radius 3 is 2.41 bits per heavy atom. The number of barbiturate groups is 1. The van der Waals surface area contributed by atoms with Crippen LogP contribution >= 0.6 is 39.1 Å². The number of urea groups is 1. The molecule has 0 radical (unpaired) electrons. The number of imide groups is 2. The van der Waals surface area contributed by atoms with Crippen molar-refractivity contribution in [3.63, 3.8) is 0 Å². The maximum absolute atomic E-state index is 13.3. The highest BCUT2D eigenvalue weighted by Crippen LogP contribution is 2.38. The van der Waals surface area contributed by atoms with Gasteiger partial charge < -0.3 is 9.47 Å². The van der Waals surface area contributed by atoms with Crippen LogP contribution in [0.2, 0.25) is 10.0 Å². The average Bonchev–Trinajstić information content (AvgIpc) is 2.84. The molecule has 10 heteroatoms. The van der Waals surface area contributed by atoms with Crippen molar-refractivity contribution in [2.75, 3.05) is 11.5 Å². The lowest BCUT2D eigenvalue weighted by molar-refractivity contribution is -0.122. The second-order valence-electron chi connectivity index (χ2n) is 8.07. The van der Waals surface area contributed by atoms with Crippen molar-refractivity contribution >= 4 is 68.7 Å². The van der Waals surface area contributed by atoms with Gasteiger partial charge in [-0.1, -0.05) is 51.3 Å². The van der Waals surface area contributed by atoms with E-state index >= 15 is 0 Å². The van der Waals surface area contributed by atoms with E-state index < -0.39 is 17.8 Å². The van der Waals surface area contributed by atoms with Crippen LogP contribution in [-0.4, -0.2) is 24.5 Å². The number of benzene rings is 3. The van der Waals surface area contributed by atoms with Crippen molar-refractivity contribution in [3.8, 4) is 11.5 Å². The molecule has 1 aliphatic rings. The zero-order chi connectivity index (χ0) is 26.7. The van der Waals surface area contributed by atoms with Crippen molar-refractivity contribution < 1.29 is 23.9 Å². The summed E-state index contributed by atoms with van der Waals surface area (Å²) in [7, 11) is 0. The Bertz CT molecular complexity index is 1420. The fourth-order valence-corrected chi connectivity index (χ4v) is 4.28. The first-order chi connectivity index (χ1) is 17.7. The van der Waals surface area contributed by atoms with Crippen LogP contribution in [0, 0.1) is 6.92 Å². The van der Waals surface area contributed by atoms with Gasteiger partial charge in [0.25, 0.3) is 11.8 Å². The lowest BCUT2D eigenvalue weighted by Crippen LogP contribution is -2.54. The van der Waals surface area contributed by atoms with E-state index in [0.717, 1.165) is 20.5 Å². The standard InChI is InChI=1S/C27H21BrCl2N2O5/c1-3-36-23-13-17(12-22(30)24(23)37-14-16-4-6-18(29)7-5-16)11-20-25(33)31-27(35)32(26(20)34)19-8-9-21(28)15(2)10-19/h4-13H,3,14H2,1-2H3,(H,31,33,35)/b20-11+. The Labute approximate surface area is 232 Å². The highest BCUT2D eigenvalue weighted by Gasteiger charge is 2.37. The smallest absolute Gasteiger partial charge is 0.335 e. The first kappa shape index (κ1) is 26.7. The molecule has 3 aromatic carbocycles. The van der Waals surface area contributed by atoms with Crippen molar-refractivity contribution in [1.82, 2.24) is 5.32 Å². The van der Waals surface area contributed by atoms with E-state index in [-0.39, 0.29) is 17.2 Å². The molecule has 0 aromatic heterocycles. The molecule has 3 aromatic rings. The van der Waals surface area contributed by atoms with Gasteiger partial charge in [-0.15, -0.1) is 0 Å². The van der Waals surface area contributed by atoms with Gasteiger partial charge in [0.2, 0.25) is 0 Å². The van der Waals surface area contributed by atoms with E-state index in [4.69, 9.17) is 32.7 Å². The van der Waals surface area contributed by atoms with Crippen LogP contribution in [0.5, 0.6) is 11.5 Å². The minimum atomic E-state index is -0.826. The number of amides is 4. The minimum absolute atomic E-state index is 0.224. The molecule has 1 saturated heterocycles. The Kier molecular flexibility index (Phi) is 8.22. The van der Waals surface area contributed by atoms with Crippen LogP contribution in [-0.2, 0) is 16.2 Å². The van der Waals surface area contributed by atoms with Gasteiger partial charge in [0.15, 0.2) is 11.5 Å². The third-order valence-electron chi connectivity index (χ3n) is 5.44.